The highest BCUT2D eigenvalue weighted by atomic mass is 16.5. The van der Waals surface area contributed by atoms with Crippen molar-refractivity contribution in [1.82, 2.24) is 10.6 Å². The van der Waals surface area contributed by atoms with Crippen molar-refractivity contribution in [2.24, 2.45) is 10.9 Å². The van der Waals surface area contributed by atoms with E-state index in [0.29, 0.717) is 12.2 Å². The van der Waals surface area contributed by atoms with E-state index in [9.17, 15) is 4.79 Å². The van der Waals surface area contributed by atoms with Crippen LogP contribution >= 0.6 is 0 Å². The molecule has 1 aromatic carbocycles. The van der Waals surface area contributed by atoms with Crippen molar-refractivity contribution in [3.8, 4) is 0 Å². The van der Waals surface area contributed by atoms with E-state index in [4.69, 9.17) is 4.74 Å². The van der Waals surface area contributed by atoms with Gasteiger partial charge in [0.25, 0.3) is 0 Å². The molecule has 2 rings (SSSR count). The average molecular weight is 362 g/mol. The molecule has 26 heavy (non-hydrogen) atoms. The summed E-state index contributed by atoms with van der Waals surface area (Å²) in [5.41, 5.74) is 1.76. The van der Waals surface area contributed by atoms with Gasteiger partial charge in [-0.3, -0.25) is 5.32 Å². The van der Waals surface area contributed by atoms with Crippen molar-refractivity contribution >= 4 is 17.7 Å². The molecule has 0 atom stereocenters. The molecule has 7 heteroatoms. The Morgan fingerprint density at radius 1 is 1.23 bits per heavy atom. The first-order valence-electron chi connectivity index (χ1n) is 9.25. The number of hydrogen-bond acceptors (Lipinski definition) is 4. The van der Waals surface area contributed by atoms with E-state index in [2.05, 4.69) is 25.7 Å². The van der Waals surface area contributed by atoms with Gasteiger partial charge in [-0.2, -0.15) is 0 Å². The first-order chi connectivity index (χ1) is 12.7. The minimum atomic E-state index is -0.476. The maximum Gasteiger partial charge on any atom is 0.411 e. The van der Waals surface area contributed by atoms with Crippen LogP contribution in [0.15, 0.2) is 29.3 Å². The van der Waals surface area contributed by atoms with Gasteiger partial charge in [0.1, 0.15) is 0 Å². The van der Waals surface area contributed by atoms with E-state index in [1.54, 1.807) is 0 Å². The van der Waals surface area contributed by atoms with E-state index >= 15 is 0 Å². The molecule has 1 amide bonds. The molecule has 0 bridgehead atoms. The molecule has 0 aromatic heterocycles. The molecule has 1 aromatic rings. The molecule has 0 radical (unpaired) electrons. The van der Waals surface area contributed by atoms with Gasteiger partial charge in [0, 0.05) is 32.0 Å². The van der Waals surface area contributed by atoms with Crippen molar-refractivity contribution in [3.63, 3.8) is 0 Å². The maximum absolute atomic E-state index is 11.2. The van der Waals surface area contributed by atoms with Crippen LogP contribution in [0.3, 0.4) is 0 Å². The largest absolute Gasteiger partial charge is 0.453 e. The second kappa shape index (κ2) is 11.4. The maximum atomic E-state index is 11.2. The van der Waals surface area contributed by atoms with Crippen LogP contribution in [0.2, 0.25) is 0 Å². The molecule has 1 aliphatic carbocycles. The van der Waals surface area contributed by atoms with Crippen molar-refractivity contribution < 1.29 is 14.3 Å². The number of carbonyl (C=O) groups is 1. The lowest BCUT2D eigenvalue weighted by Crippen LogP contribution is -2.38. The number of carbonyl (C=O) groups excluding carboxylic acids is 1. The van der Waals surface area contributed by atoms with Crippen molar-refractivity contribution in [3.05, 3.63) is 29.8 Å². The highest BCUT2D eigenvalue weighted by Crippen LogP contribution is 2.28. The number of methoxy groups -OCH3 is 1. The minimum Gasteiger partial charge on any atom is -0.453 e. The number of nitrogens with zero attached hydrogens (tertiary/aromatic N) is 1. The van der Waals surface area contributed by atoms with Gasteiger partial charge < -0.3 is 20.1 Å². The number of ether oxygens (including phenoxy) is 2. The van der Waals surface area contributed by atoms with Crippen LogP contribution in [0.1, 0.15) is 31.7 Å². The fourth-order valence-electron chi connectivity index (χ4n) is 2.29. The van der Waals surface area contributed by atoms with E-state index in [0.717, 1.165) is 50.2 Å². The number of aliphatic imine (C=N–C) groups is 1. The lowest BCUT2D eigenvalue weighted by atomic mass is 10.2. The van der Waals surface area contributed by atoms with Crippen molar-refractivity contribution in [1.29, 1.82) is 0 Å². The van der Waals surface area contributed by atoms with Crippen LogP contribution in [0, 0.1) is 5.92 Å². The highest BCUT2D eigenvalue weighted by Gasteiger charge is 2.20. The fraction of sp³-hybridized carbons (Fsp3) is 0.579. The van der Waals surface area contributed by atoms with Gasteiger partial charge in [-0.25, -0.2) is 9.79 Å². The Hall–Kier alpha value is -2.28. The first kappa shape index (κ1) is 20.0. The third-order valence-corrected chi connectivity index (χ3v) is 3.96. The summed E-state index contributed by atoms with van der Waals surface area (Å²) in [6, 6.07) is 7.53. The van der Waals surface area contributed by atoms with Gasteiger partial charge >= 0.3 is 6.09 Å². The summed E-state index contributed by atoms with van der Waals surface area (Å²) < 4.78 is 10.2. The molecule has 7 nitrogen and oxygen atoms in total. The molecular weight excluding hydrogens is 332 g/mol. The number of benzene rings is 1. The monoisotopic (exact) mass is 362 g/mol. The zero-order chi connectivity index (χ0) is 18.6. The molecule has 3 N–H and O–H groups in total. The Morgan fingerprint density at radius 3 is 2.65 bits per heavy atom. The van der Waals surface area contributed by atoms with Gasteiger partial charge in [-0.1, -0.05) is 12.1 Å². The standard InChI is InChI=1S/C19H30N4O3/c1-3-20-18(21-11-4-12-26-14-16-5-6-16)22-13-15-7-9-17(10-8-15)23-19(24)25-2/h7-10,16H,3-6,11-14H2,1-2H3,(H,23,24)(H2,20,21,22). The predicted molar refractivity (Wildman–Crippen MR) is 103 cm³/mol. The number of nitrogens with one attached hydrogen (secondary N) is 3. The molecule has 1 fully saturated rings. The zero-order valence-corrected chi connectivity index (χ0v) is 15.7. The van der Waals surface area contributed by atoms with Gasteiger partial charge in [0.05, 0.1) is 13.7 Å². The van der Waals surface area contributed by atoms with Crippen LogP contribution in [0.4, 0.5) is 10.5 Å². The number of hydrogen-bond donors (Lipinski definition) is 3. The van der Waals surface area contributed by atoms with Gasteiger partial charge in [-0.05, 0) is 49.8 Å². The number of anilines is 1. The lowest BCUT2D eigenvalue weighted by molar-refractivity contribution is 0.123. The van der Waals surface area contributed by atoms with Gasteiger partial charge in [0.2, 0.25) is 0 Å². The lowest BCUT2D eigenvalue weighted by Gasteiger charge is -2.11. The Kier molecular flexibility index (Phi) is 8.75. The van der Waals surface area contributed by atoms with E-state index in [1.165, 1.54) is 20.0 Å². The van der Waals surface area contributed by atoms with E-state index in [1.807, 2.05) is 31.2 Å². The fourth-order valence-corrected chi connectivity index (χ4v) is 2.29. The molecule has 1 aliphatic rings. The SMILES string of the molecule is CCNC(=NCc1ccc(NC(=O)OC)cc1)NCCCOCC1CC1. The predicted octanol–water partition coefficient (Wildman–Crippen LogP) is 2.74. The molecule has 144 valence electrons. The molecule has 0 saturated heterocycles. The van der Waals surface area contributed by atoms with Crippen LogP contribution in [-0.4, -0.2) is 45.5 Å². The van der Waals surface area contributed by atoms with Crippen LogP contribution < -0.4 is 16.0 Å². The third kappa shape index (κ3) is 8.20. The van der Waals surface area contributed by atoms with Crippen LogP contribution in [0.5, 0.6) is 0 Å². The Balaban J connectivity index is 1.71. The average Bonchev–Trinajstić information content (AvgIpc) is 3.47. The Morgan fingerprint density at radius 2 is 2.00 bits per heavy atom. The van der Waals surface area contributed by atoms with Gasteiger partial charge in [0.15, 0.2) is 5.96 Å². The second-order valence-electron chi connectivity index (χ2n) is 6.31. The number of amides is 1. The van der Waals surface area contributed by atoms with E-state index in [-0.39, 0.29) is 0 Å². The van der Waals surface area contributed by atoms with Crippen LogP contribution in [0.25, 0.3) is 0 Å². The summed E-state index contributed by atoms with van der Waals surface area (Å²) >= 11 is 0. The highest BCUT2D eigenvalue weighted by molar-refractivity contribution is 5.84. The molecule has 0 unspecified atom stereocenters. The summed E-state index contributed by atoms with van der Waals surface area (Å²) in [7, 11) is 1.34. The van der Waals surface area contributed by atoms with Crippen LogP contribution in [-0.2, 0) is 16.0 Å². The topological polar surface area (TPSA) is 84.0 Å². The quantitative estimate of drug-likeness (QED) is 0.339. The number of guanidine groups is 1. The van der Waals surface area contributed by atoms with Gasteiger partial charge in [-0.15, -0.1) is 0 Å². The molecule has 0 aliphatic heterocycles. The molecule has 0 spiro atoms. The minimum absolute atomic E-state index is 0.476. The summed E-state index contributed by atoms with van der Waals surface area (Å²) in [6.45, 7) is 5.95. The van der Waals surface area contributed by atoms with E-state index < -0.39 is 6.09 Å². The summed E-state index contributed by atoms with van der Waals surface area (Å²) in [6.07, 6.45) is 3.14. The third-order valence-electron chi connectivity index (χ3n) is 3.96. The Labute approximate surface area is 155 Å². The molecule has 0 heterocycles. The number of rotatable bonds is 10. The summed E-state index contributed by atoms with van der Waals surface area (Å²) in [5, 5.41) is 9.19. The first-order valence-corrected chi connectivity index (χ1v) is 9.25. The molecule has 1 saturated carbocycles. The summed E-state index contributed by atoms with van der Waals surface area (Å²) in [4.78, 5) is 15.8. The molecular formula is C19H30N4O3. The Bertz CT molecular complexity index is 571. The normalized spacial score (nSPS) is 14.0. The zero-order valence-electron chi connectivity index (χ0n) is 15.7. The van der Waals surface area contributed by atoms with Crippen molar-refractivity contribution in [2.75, 3.05) is 38.7 Å². The smallest absolute Gasteiger partial charge is 0.411 e. The second-order valence-corrected chi connectivity index (χ2v) is 6.31. The summed E-state index contributed by atoms with van der Waals surface area (Å²) in [5.74, 6) is 1.61. The van der Waals surface area contributed by atoms with Crippen molar-refractivity contribution in [2.45, 2.75) is 32.7 Å².